The van der Waals surface area contributed by atoms with Gasteiger partial charge in [-0.3, -0.25) is 11.3 Å². The van der Waals surface area contributed by atoms with Crippen LogP contribution in [0, 0.1) is 17.8 Å². The van der Waals surface area contributed by atoms with Crippen LogP contribution < -0.4 is 11.3 Å². The zero-order chi connectivity index (χ0) is 14.1. The first kappa shape index (κ1) is 14.6. The van der Waals surface area contributed by atoms with Gasteiger partial charge in [0, 0.05) is 10.0 Å². The lowest BCUT2D eigenvalue weighted by Gasteiger charge is -2.46. The molecule has 4 heteroatoms. The monoisotopic (exact) mass is 312 g/mol. The molecule has 0 heterocycles. The van der Waals surface area contributed by atoms with Crippen LogP contribution >= 0.6 is 23.2 Å². The lowest BCUT2D eigenvalue weighted by molar-refractivity contribution is 0.0596. The molecule has 3 rings (SSSR count). The van der Waals surface area contributed by atoms with Crippen LogP contribution in [0.5, 0.6) is 0 Å². The number of hydrazine groups is 1. The van der Waals surface area contributed by atoms with Gasteiger partial charge in [0.05, 0.1) is 6.04 Å². The van der Waals surface area contributed by atoms with Crippen LogP contribution in [0.15, 0.2) is 18.2 Å². The van der Waals surface area contributed by atoms with Crippen molar-refractivity contribution in [3.63, 3.8) is 0 Å². The molecule has 2 aliphatic rings. The third-order valence-corrected chi connectivity index (χ3v) is 5.81. The van der Waals surface area contributed by atoms with Gasteiger partial charge in [0.15, 0.2) is 0 Å². The van der Waals surface area contributed by atoms with Gasteiger partial charge in [0.1, 0.15) is 0 Å². The molecule has 2 nitrogen and oxygen atoms in total. The topological polar surface area (TPSA) is 38.0 Å². The van der Waals surface area contributed by atoms with Crippen molar-refractivity contribution in [2.24, 2.45) is 23.6 Å². The average molecular weight is 313 g/mol. The van der Waals surface area contributed by atoms with E-state index in [9.17, 15) is 0 Å². The number of rotatable bonds is 5. The van der Waals surface area contributed by atoms with E-state index in [0.717, 1.165) is 22.4 Å². The highest BCUT2D eigenvalue weighted by molar-refractivity contribution is 6.35. The maximum Gasteiger partial charge on any atom is 0.0508 e. The molecular weight excluding hydrogens is 291 g/mol. The molecule has 0 spiro atoms. The van der Waals surface area contributed by atoms with Gasteiger partial charge < -0.3 is 0 Å². The summed E-state index contributed by atoms with van der Waals surface area (Å²) in [5, 5.41) is 1.41. The first-order valence-electron chi connectivity index (χ1n) is 7.62. The molecule has 3 N–H and O–H groups in total. The van der Waals surface area contributed by atoms with Gasteiger partial charge in [-0.1, -0.05) is 67.8 Å². The quantitative estimate of drug-likeness (QED) is 0.610. The second-order valence-corrected chi connectivity index (χ2v) is 7.11. The molecule has 2 fully saturated rings. The van der Waals surface area contributed by atoms with E-state index in [-0.39, 0.29) is 6.04 Å². The van der Waals surface area contributed by atoms with Gasteiger partial charge in [0.25, 0.3) is 0 Å². The SMILES string of the molecule is NNC(c1ccc(Cl)cc1Cl)C(C1CCC1)C1CCC1. The Morgan fingerprint density at radius 3 is 2.05 bits per heavy atom. The smallest absolute Gasteiger partial charge is 0.0508 e. The highest BCUT2D eigenvalue weighted by Gasteiger charge is 2.41. The second-order valence-electron chi connectivity index (χ2n) is 6.27. The molecule has 110 valence electrons. The van der Waals surface area contributed by atoms with Gasteiger partial charge in [-0.2, -0.15) is 0 Å². The summed E-state index contributed by atoms with van der Waals surface area (Å²) in [6, 6.07) is 5.91. The molecule has 0 amide bonds. The Morgan fingerprint density at radius 2 is 1.65 bits per heavy atom. The predicted octanol–water partition coefficient (Wildman–Crippen LogP) is 4.71. The number of hydrogen-bond acceptors (Lipinski definition) is 2. The molecule has 0 aliphatic heterocycles. The minimum atomic E-state index is 0.148. The van der Waals surface area contributed by atoms with Gasteiger partial charge in [-0.05, 0) is 35.4 Å². The minimum Gasteiger partial charge on any atom is -0.271 e. The van der Waals surface area contributed by atoms with Crippen LogP contribution in [-0.4, -0.2) is 0 Å². The van der Waals surface area contributed by atoms with Crippen molar-refractivity contribution < 1.29 is 0 Å². The molecule has 1 aromatic rings. The molecule has 1 aromatic carbocycles. The molecule has 2 aliphatic carbocycles. The van der Waals surface area contributed by atoms with Crippen LogP contribution in [-0.2, 0) is 0 Å². The molecule has 1 unspecified atom stereocenters. The molecular formula is C16H22Cl2N2. The van der Waals surface area contributed by atoms with Crippen molar-refractivity contribution in [3.05, 3.63) is 33.8 Å². The van der Waals surface area contributed by atoms with E-state index < -0.39 is 0 Å². The first-order valence-corrected chi connectivity index (χ1v) is 8.37. The summed E-state index contributed by atoms with van der Waals surface area (Å²) in [5.41, 5.74) is 4.15. The van der Waals surface area contributed by atoms with E-state index in [0.29, 0.717) is 10.9 Å². The van der Waals surface area contributed by atoms with Gasteiger partial charge in [-0.15, -0.1) is 0 Å². The maximum atomic E-state index is 6.40. The molecule has 0 bridgehead atoms. The summed E-state index contributed by atoms with van der Waals surface area (Å²) < 4.78 is 0. The third kappa shape index (κ3) is 2.71. The molecule has 2 saturated carbocycles. The number of nitrogens with two attached hydrogens (primary N) is 1. The average Bonchev–Trinajstić information content (AvgIpc) is 2.28. The zero-order valence-electron chi connectivity index (χ0n) is 11.6. The lowest BCUT2D eigenvalue weighted by Crippen LogP contribution is -2.44. The number of halogens is 2. The van der Waals surface area contributed by atoms with Crippen LogP contribution in [0.3, 0.4) is 0 Å². The highest BCUT2D eigenvalue weighted by atomic mass is 35.5. The Labute approximate surface area is 131 Å². The minimum absolute atomic E-state index is 0.148. The number of hydrogen-bond donors (Lipinski definition) is 2. The Hall–Kier alpha value is -0.280. The Bertz CT molecular complexity index is 456. The summed E-state index contributed by atoms with van der Waals surface area (Å²) in [5.74, 6) is 8.11. The lowest BCUT2D eigenvalue weighted by atomic mass is 9.61. The Balaban J connectivity index is 1.88. The van der Waals surface area contributed by atoms with Crippen LogP contribution in [0.2, 0.25) is 10.0 Å². The summed E-state index contributed by atoms with van der Waals surface area (Å²) in [6.45, 7) is 0. The summed E-state index contributed by atoms with van der Waals surface area (Å²) in [7, 11) is 0. The van der Waals surface area contributed by atoms with Crippen LogP contribution in [0.1, 0.15) is 50.1 Å². The number of benzene rings is 1. The molecule has 0 radical (unpaired) electrons. The van der Waals surface area contributed by atoms with Gasteiger partial charge in [0.2, 0.25) is 0 Å². The molecule has 1 atom stereocenters. The second kappa shape index (κ2) is 6.23. The summed E-state index contributed by atoms with van der Waals surface area (Å²) in [6.07, 6.45) is 8.07. The van der Waals surface area contributed by atoms with Crippen molar-refractivity contribution in [2.45, 2.75) is 44.6 Å². The first-order chi connectivity index (χ1) is 9.70. The fourth-order valence-corrected chi connectivity index (χ4v) is 4.27. The molecule has 0 saturated heterocycles. The normalized spacial score (nSPS) is 21.6. The van der Waals surface area contributed by atoms with E-state index in [4.69, 9.17) is 29.0 Å². The van der Waals surface area contributed by atoms with Crippen molar-refractivity contribution in [1.29, 1.82) is 0 Å². The van der Waals surface area contributed by atoms with E-state index in [2.05, 4.69) is 5.43 Å². The van der Waals surface area contributed by atoms with E-state index >= 15 is 0 Å². The molecule has 20 heavy (non-hydrogen) atoms. The zero-order valence-corrected chi connectivity index (χ0v) is 13.1. The fourth-order valence-electron chi connectivity index (χ4n) is 3.74. The van der Waals surface area contributed by atoms with Crippen LogP contribution in [0.4, 0.5) is 0 Å². The van der Waals surface area contributed by atoms with Crippen molar-refractivity contribution >= 4 is 23.2 Å². The van der Waals surface area contributed by atoms with Gasteiger partial charge >= 0.3 is 0 Å². The summed E-state index contributed by atoms with van der Waals surface area (Å²) >= 11 is 12.4. The van der Waals surface area contributed by atoms with Crippen LogP contribution in [0.25, 0.3) is 0 Å². The largest absolute Gasteiger partial charge is 0.271 e. The van der Waals surface area contributed by atoms with E-state index in [1.54, 1.807) is 0 Å². The standard InChI is InChI=1S/C16H22Cl2N2/c17-12-7-8-13(14(18)9-12)16(20-19)15(10-3-1-4-10)11-5-2-6-11/h7-11,15-16,20H,1-6,19H2. The predicted molar refractivity (Wildman–Crippen MR) is 84.7 cm³/mol. The van der Waals surface area contributed by atoms with Crippen molar-refractivity contribution in [2.75, 3.05) is 0 Å². The Kier molecular flexibility index (Phi) is 4.56. The maximum absolute atomic E-state index is 6.40. The van der Waals surface area contributed by atoms with Crippen molar-refractivity contribution in [1.82, 2.24) is 5.43 Å². The fraction of sp³-hybridized carbons (Fsp3) is 0.625. The number of nitrogens with one attached hydrogen (secondary N) is 1. The highest BCUT2D eigenvalue weighted by Crippen LogP contribution is 2.50. The van der Waals surface area contributed by atoms with E-state index in [1.807, 2.05) is 18.2 Å². The summed E-state index contributed by atoms with van der Waals surface area (Å²) in [4.78, 5) is 0. The Morgan fingerprint density at radius 1 is 1.05 bits per heavy atom. The van der Waals surface area contributed by atoms with Gasteiger partial charge in [-0.25, -0.2) is 0 Å². The van der Waals surface area contributed by atoms with Crippen molar-refractivity contribution in [3.8, 4) is 0 Å². The molecule has 0 aromatic heterocycles. The van der Waals surface area contributed by atoms with E-state index in [1.165, 1.54) is 38.5 Å². The third-order valence-electron chi connectivity index (χ3n) is 5.25.